The van der Waals surface area contributed by atoms with Gasteiger partial charge in [0.15, 0.2) is 0 Å². The molecule has 4 nitrogen and oxygen atoms in total. The highest BCUT2D eigenvalue weighted by molar-refractivity contribution is 5.62. The van der Waals surface area contributed by atoms with E-state index in [9.17, 15) is 0 Å². The van der Waals surface area contributed by atoms with Crippen LogP contribution in [-0.4, -0.2) is 16.6 Å². The number of unbranched alkanes of at least 4 members (excludes halogenated alkanes) is 2. The van der Waals surface area contributed by atoms with Gasteiger partial charge in [0.05, 0.1) is 0 Å². The molecule has 0 N–H and O–H groups in total. The van der Waals surface area contributed by atoms with Crippen molar-refractivity contribution in [2.75, 3.05) is 6.61 Å². The van der Waals surface area contributed by atoms with Gasteiger partial charge in [0.2, 0.25) is 5.82 Å². The molecule has 0 saturated heterocycles. The summed E-state index contributed by atoms with van der Waals surface area (Å²) in [5.41, 5.74) is 1.88. The minimum Gasteiger partial charge on any atom is -0.490 e. The maximum absolute atomic E-state index is 8.69. The number of aromatic nitrogens is 2. The Bertz CT molecular complexity index is 640. The van der Waals surface area contributed by atoms with E-state index in [0.717, 1.165) is 23.3 Å². The van der Waals surface area contributed by atoms with Gasteiger partial charge >= 0.3 is 0 Å². The van der Waals surface area contributed by atoms with Crippen molar-refractivity contribution in [1.82, 2.24) is 9.97 Å². The highest BCUT2D eigenvalue weighted by Gasteiger charge is 2.00. The number of ether oxygens (including phenoxy) is 1. The highest BCUT2D eigenvalue weighted by Crippen LogP contribution is 2.21. The fraction of sp³-hybridized carbons (Fsp3) is 0.278. The van der Waals surface area contributed by atoms with Crippen LogP contribution in [0.15, 0.2) is 48.8 Å². The minimum atomic E-state index is 0.179. The molecule has 2 rings (SSSR count). The topological polar surface area (TPSA) is 58.8 Å². The summed E-state index contributed by atoms with van der Waals surface area (Å²) in [5.74, 6) is 1.01. The Labute approximate surface area is 131 Å². The van der Waals surface area contributed by atoms with Crippen LogP contribution in [0.3, 0.4) is 0 Å². The van der Waals surface area contributed by atoms with Crippen molar-refractivity contribution >= 4 is 0 Å². The minimum absolute atomic E-state index is 0.179. The molecule has 0 amide bonds. The number of rotatable bonds is 7. The van der Waals surface area contributed by atoms with Crippen molar-refractivity contribution in [1.29, 1.82) is 5.26 Å². The number of allylic oxidation sites excluding steroid dienone is 1. The summed E-state index contributed by atoms with van der Waals surface area (Å²) < 4.78 is 5.65. The van der Waals surface area contributed by atoms with E-state index in [1.165, 1.54) is 12.8 Å². The van der Waals surface area contributed by atoms with E-state index in [1.807, 2.05) is 30.3 Å². The summed E-state index contributed by atoms with van der Waals surface area (Å²) in [6, 6.07) is 9.67. The fourth-order valence-electron chi connectivity index (χ4n) is 1.93. The Morgan fingerprint density at radius 3 is 2.45 bits per heavy atom. The van der Waals surface area contributed by atoms with Crippen molar-refractivity contribution in [3.05, 3.63) is 54.6 Å². The van der Waals surface area contributed by atoms with Crippen molar-refractivity contribution in [3.63, 3.8) is 0 Å². The quantitative estimate of drug-likeness (QED) is 0.568. The van der Waals surface area contributed by atoms with E-state index in [0.29, 0.717) is 6.61 Å². The zero-order valence-electron chi connectivity index (χ0n) is 12.7. The van der Waals surface area contributed by atoms with E-state index in [1.54, 1.807) is 12.4 Å². The summed E-state index contributed by atoms with van der Waals surface area (Å²) in [7, 11) is 0. The maximum Gasteiger partial charge on any atom is 0.232 e. The first-order chi connectivity index (χ1) is 10.8. The van der Waals surface area contributed by atoms with Gasteiger partial charge < -0.3 is 4.74 Å². The molecule has 0 aliphatic rings. The summed E-state index contributed by atoms with van der Waals surface area (Å²) in [6.07, 6.45) is 11.1. The third kappa shape index (κ3) is 4.71. The molecule has 4 heteroatoms. The van der Waals surface area contributed by atoms with Gasteiger partial charge in [-0.25, -0.2) is 9.97 Å². The number of benzene rings is 1. The van der Waals surface area contributed by atoms with Gasteiger partial charge in [0, 0.05) is 18.0 Å². The maximum atomic E-state index is 8.69. The zero-order chi connectivity index (χ0) is 15.6. The Hall–Kier alpha value is -2.67. The molecule has 0 aliphatic heterocycles. The molecule has 22 heavy (non-hydrogen) atoms. The summed E-state index contributed by atoms with van der Waals surface area (Å²) in [6.45, 7) is 2.77. The van der Waals surface area contributed by atoms with Gasteiger partial charge in [-0.05, 0) is 24.1 Å². The molecular formula is C18H19N3O. The fourth-order valence-corrected chi connectivity index (χ4v) is 1.93. The van der Waals surface area contributed by atoms with Crippen LogP contribution in [0.5, 0.6) is 5.75 Å². The van der Waals surface area contributed by atoms with E-state index < -0.39 is 0 Å². The Balaban J connectivity index is 1.89. The lowest BCUT2D eigenvalue weighted by atomic mass is 10.1. The molecular weight excluding hydrogens is 274 g/mol. The van der Waals surface area contributed by atoms with Crippen molar-refractivity contribution in [3.8, 4) is 22.9 Å². The van der Waals surface area contributed by atoms with Crippen LogP contribution < -0.4 is 4.74 Å². The van der Waals surface area contributed by atoms with Gasteiger partial charge in [0.1, 0.15) is 18.4 Å². The number of hydrogen-bond acceptors (Lipinski definition) is 4. The van der Waals surface area contributed by atoms with Gasteiger partial charge in [-0.1, -0.05) is 44.1 Å². The first kappa shape index (κ1) is 15.7. The lowest BCUT2D eigenvalue weighted by Gasteiger charge is -2.05. The monoisotopic (exact) mass is 293 g/mol. The molecule has 2 aromatic rings. The number of nitriles is 1. The second-order valence-electron chi connectivity index (χ2n) is 4.86. The SMILES string of the molecule is CCCC/C=C/COc1ccc(-c2cnc(C#N)nc2)cc1. The molecule has 0 fully saturated rings. The normalized spacial score (nSPS) is 10.5. The largest absolute Gasteiger partial charge is 0.490 e. The predicted molar refractivity (Wildman–Crippen MR) is 86.3 cm³/mol. The van der Waals surface area contributed by atoms with Crippen LogP contribution in [0, 0.1) is 11.3 Å². The molecule has 0 bridgehead atoms. The zero-order valence-corrected chi connectivity index (χ0v) is 12.7. The van der Waals surface area contributed by atoms with Gasteiger partial charge in [-0.2, -0.15) is 5.26 Å². The predicted octanol–water partition coefficient (Wildman–Crippen LogP) is 4.14. The van der Waals surface area contributed by atoms with Gasteiger partial charge in [-0.15, -0.1) is 0 Å². The third-order valence-electron chi connectivity index (χ3n) is 3.18. The van der Waals surface area contributed by atoms with E-state index in [4.69, 9.17) is 10.00 Å². The van der Waals surface area contributed by atoms with E-state index in [-0.39, 0.29) is 5.82 Å². The van der Waals surface area contributed by atoms with Crippen LogP contribution >= 0.6 is 0 Å². The number of nitrogens with zero attached hydrogens (tertiary/aromatic N) is 3. The van der Waals surface area contributed by atoms with Crippen molar-refractivity contribution in [2.24, 2.45) is 0 Å². The van der Waals surface area contributed by atoms with Crippen LogP contribution in [0.4, 0.5) is 0 Å². The molecule has 1 aromatic heterocycles. The van der Waals surface area contributed by atoms with E-state index in [2.05, 4.69) is 29.0 Å². The first-order valence-corrected chi connectivity index (χ1v) is 7.44. The molecule has 1 aromatic carbocycles. The Morgan fingerprint density at radius 2 is 1.82 bits per heavy atom. The third-order valence-corrected chi connectivity index (χ3v) is 3.18. The number of hydrogen-bond donors (Lipinski definition) is 0. The van der Waals surface area contributed by atoms with Crippen LogP contribution in [0.25, 0.3) is 11.1 Å². The Morgan fingerprint density at radius 1 is 1.09 bits per heavy atom. The molecule has 112 valence electrons. The van der Waals surface area contributed by atoms with Crippen LogP contribution in [0.1, 0.15) is 32.0 Å². The molecule has 0 unspecified atom stereocenters. The van der Waals surface area contributed by atoms with Gasteiger partial charge in [0.25, 0.3) is 0 Å². The molecule has 0 spiro atoms. The lowest BCUT2D eigenvalue weighted by Crippen LogP contribution is -1.93. The summed E-state index contributed by atoms with van der Waals surface area (Å²) >= 11 is 0. The lowest BCUT2D eigenvalue weighted by molar-refractivity contribution is 0.362. The molecule has 1 heterocycles. The standard InChI is InChI=1S/C18H19N3O/c1-2-3-4-5-6-11-22-17-9-7-15(8-10-17)16-13-20-18(12-19)21-14-16/h5-10,13-14H,2-4,11H2,1H3/b6-5+. The van der Waals surface area contributed by atoms with Gasteiger partial charge in [-0.3, -0.25) is 0 Å². The molecule has 0 atom stereocenters. The van der Waals surface area contributed by atoms with Crippen LogP contribution in [-0.2, 0) is 0 Å². The Kier molecular flexibility index (Phi) is 6.13. The van der Waals surface area contributed by atoms with Crippen LogP contribution in [0.2, 0.25) is 0 Å². The molecule has 0 radical (unpaired) electrons. The summed E-state index contributed by atoms with van der Waals surface area (Å²) in [4.78, 5) is 7.94. The second-order valence-corrected chi connectivity index (χ2v) is 4.86. The molecule has 0 saturated carbocycles. The first-order valence-electron chi connectivity index (χ1n) is 7.44. The van der Waals surface area contributed by atoms with E-state index >= 15 is 0 Å². The average Bonchev–Trinajstić information content (AvgIpc) is 2.59. The smallest absolute Gasteiger partial charge is 0.232 e. The van der Waals surface area contributed by atoms with Crippen molar-refractivity contribution in [2.45, 2.75) is 26.2 Å². The average molecular weight is 293 g/mol. The summed E-state index contributed by atoms with van der Waals surface area (Å²) in [5, 5.41) is 8.69. The van der Waals surface area contributed by atoms with Crippen molar-refractivity contribution < 1.29 is 4.74 Å². The molecule has 0 aliphatic carbocycles. The second kappa shape index (κ2) is 8.58. The highest BCUT2D eigenvalue weighted by atomic mass is 16.5.